The van der Waals surface area contributed by atoms with E-state index in [0.717, 1.165) is 10.9 Å². The number of hydrogen-bond acceptors (Lipinski definition) is 4. The largest absolute Gasteiger partial charge is 0.494 e. The van der Waals surface area contributed by atoms with Crippen LogP contribution in [0.15, 0.2) is 60.8 Å². The maximum Gasteiger partial charge on any atom is 0.224 e. The molecule has 0 bridgehead atoms. The van der Waals surface area contributed by atoms with Crippen LogP contribution >= 0.6 is 0 Å². The number of ether oxygens (including phenoxy) is 1. The first-order valence-corrected chi connectivity index (χ1v) is 8.50. The van der Waals surface area contributed by atoms with Gasteiger partial charge in [0.2, 0.25) is 5.91 Å². The van der Waals surface area contributed by atoms with Gasteiger partial charge in [-0.2, -0.15) is 0 Å². The number of para-hydroxylation sites is 1. The smallest absolute Gasteiger partial charge is 0.224 e. The number of rotatable bonds is 7. The van der Waals surface area contributed by atoms with Gasteiger partial charge in [-0.15, -0.1) is 0 Å². The van der Waals surface area contributed by atoms with Crippen LogP contribution in [0.4, 0.5) is 5.69 Å². The summed E-state index contributed by atoms with van der Waals surface area (Å²) in [5.74, 6) is 0.642. The van der Waals surface area contributed by atoms with E-state index < -0.39 is 0 Å². The molecule has 1 heterocycles. The van der Waals surface area contributed by atoms with Crippen LogP contribution < -0.4 is 10.1 Å². The van der Waals surface area contributed by atoms with Crippen molar-refractivity contribution >= 4 is 28.3 Å². The average molecular weight is 348 g/mol. The van der Waals surface area contributed by atoms with Gasteiger partial charge in [0.1, 0.15) is 5.75 Å². The number of Topliss-reactive ketones (excluding diaryl/α,β-unsaturated/α-hetero) is 1. The highest BCUT2D eigenvalue weighted by Crippen LogP contribution is 2.16. The van der Waals surface area contributed by atoms with Crippen molar-refractivity contribution in [1.82, 2.24) is 4.98 Å². The van der Waals surface area contributed by atoms with Crippen molar-refractivity contribution in [2.45, 2.75) is 19.8 Å². The van der Waals surface area contributed by atoms with E-state index in [0.29, 0.717) is 36.4 Å². The van der Waals surface area contributed by atoms with E-state index in [9.17, 15) is 9.59 Å². The molecule has 0 atom stereocenters. The molecule has 1 amide bonds. The van der Waals surface area contributed by atoms with Crippen LogP contribution in [0.2, 0.25) is 0 Å². The Morgan fingerprint density at radius 3 is 2.62 bits per heavy atom. The number of aromatic nitrogens is 1. The highest BCUT2D eigenvalue weighted by atomic mass is 16.5. The Kier molecular flexibility index (Phi) is 5.59. The van der Waals surface area contributed by atoms with Crippen molar-refractivity contribution in [3.8, 4) is 5.75 Å². The Morgan fingerprint density at radius 2 is 1.85 bits per heavy atom. The number of amides is 1. The lowest BCUT2D eigenvalue weighted by Gasteiger charge is -2.08. The molecule has 0 fully saturated rings. The van der Waals surface area contributed by atoms with Gasteiger partial charge in [-0.25, -0.2) is 0 Å². The molecular formula is C21H20N2O3. The summed E-state index contributed by atoms with van der Waals surface area (Å²) in [5, 5.41) is 3.85. The zero-order valence-corrected chi connectivity index (χ0v) is 14.6. The Hall–Kier alpha value is -3.21. The van der Waals surface area contributed by atoms with Gasteiger partial charge in [0.15, 0.2) is 5.78 Å². The predicted octanol–water partition coefficient (Wildman–Crippen LogP) is 4.24. The summed E-state index contributed by atoms with van der Waals surface area (Å²) in [7, 11) is 0. The molecule has 2 aromatic carbocycles. The number of carbonyl (C=O) groups is 2. The number of carbonyl (C=O) groups excluding carboxylic acids is 2. The number of hydrogen-bond donors (Lipinski definition) is 1. The van der Waals surface area contributed by atoms with Gasteiger partial charge in [-0.3, -0.25) is 14.6 Å². The predicted molar refractivity (Wildman–Crippen MR) is 102 cm³/mol. The van der Waals surface area contributed by atoms with Gasteiger partial charge in [0.25, 0.3) is 0 Å². The van der Waals surface area contributed by atoms with Crippen LogP contribution in [0.3, 0.4) is 0 Å². The van der Waals surface area contributed by atoms with E-state index in [1.165, 1.54) is 6.92 Å². The van der Waals surface area contributed by atoms with Crippen LogP contribution in [0, 0.1) is 0 Å². The number of nitrogens with one attached hydrogen (secondary N) is 1. The van der Waals surface area contributed by atoms with Crippen molar-refractivity contribution in [1.29, 1.82) is 0 Å². The molecule has 3 rings (SSSR count). The minimum absolute atomic E-state index is 0.0244. The molecule has 0 aliphatic heterocycles. The van der Waals surface area contributed by atoms with Gasteiger partial charge >= 0.3 is 0 Å². The molecule has 1 N–H and O–H groups in total. The lowest BCUT2D eigenvalue weighted by Crippen LogP contribution is -2.13. The number of pyridine rings is 1. The normalized spacial score (nSPS) is 10.5. The number of benzene rings is 2. The first-order chi connectivity index (χ1) is 12.6. The summed E-state index contributed by atoms with van der Waals surface area (Å²) >= 11 is 0. The van der Waals surface area contributed by atoms with Gasteiger partial charge < -0.3 is 10.1 Å². The summed E-state index contributed by atoms with van der Waals surface area (Å²) in [6.45, 7) is 1.96. The third kappa shape index (κ3) is 4.66. The van der Waals surface area contributed by atoms with Gasteiger partial charge in [0, 0.05) is 17.4 Å². The van der Waals surface area contributed by atoms with Gasteiger partial charge in [0.05, 0.1) is 24.0 Å². The summed E-state index contributed by atoms with van der Waals surface area (Å²) in [6.07, 6.45) is 2.62. The first kappa shape index (κ1) is 17.6. The standard InChI is InChI=1S/C21H20N2O3/c1-15(24)16-8-10-19(11-9-16)26-12-4-7-21(25)23-18-13-17-5-2-3-6-20(17)22-14-18/h2-3,5-6,8-11,13-14H,4,7,12H2,1H3,(H,23,25). The summed E-state index contributed by atoms with van der Waals surface area (Å²) < 4.78 is 5.60. The maximum atomic E-state index is 12.0. The van der Waals surface area contributed by atoms with Crippen molar-refractivity contribution in [2.24, 2.45) is 0 Å². The molecule has 0 unspecified atom stereocenters. The van der Waals surface area contributed by atoms with Crippen LogP contribution in [-0.2, 0) is 4.79 Å². The molecule has 132 valence electrons. The molecule has 26 heavy (non-hydrogen) atoms. The SMILES string of the molecule is CC(=O)c1ccc(OCCCC(=O)Nc2cnc3ccccc3c2)cc1. The summed E-state index contributed by atoms with van der Waals surface area (Å²) in [4.78, 5) is 27.6. The third-order valence-electron chi connectivity index (χ3n) is 3.95. The fourth-order valence-corrected chi connectivity index (χ4v) is 2.57. The molecule has 0 saturated carbocycles. The van der Waals surface area contributed by atoms with Crippen LogP contribution in [0.5, 0.6) is 5.75 Å². The number of nitrogens with zero attached hydrogens (tertiary/aromatic N) is 1. The second-order valence-electron chi connectivity index (χ2n) is 6.00. The quantitative estimate of drug-likeness (QED) is 0.512. The number of ketones is 1. The Morgan fingerprint density at radius 1 is 1.08 bits per heavy atom. The van der Waals surface area contributed by atoms with Crippen molar-refractivity contribution in [3.05, 3.63) is 66.4 Å². The fraction of sp³-hybridized carbons (Fsp3) is 0.190. The molecule has 5 nitrogen and oxygen atoms in total. The second kappa shape index (κ2) is 8.25. The molecule has 0 aliphatic carbocycles. The third-order valence-corrected chi connectivity index (χ3v) is 3.95. The van der Waals surface area contributed by atoms with E-state index in [1.54, 1.807) is 30.5 Å². The molecule has 1 aromatic heterocycles. The topological polar surface area (TPSA) is 68.3 Å². The van der Waals surface area contributed by atoms with E-state index in [1.807, 2.05) is 30.3 Å². The maximum absolute atomic E-state index is 12.0. The van der Waals surface area contributed by atoms with E-state index in [4.69, 9.17) is 4.74 Å². The minimum atomic E-state index is -0.0717. The van der Waals surface area contributed by atoms with Gasteiger partial charge in [-0.05, 0) is 49.7 Å². The van der Waals surface area contributed by atoms with Crippen LogP contribution in [0.1, 0.15) is 30.1 Å². The molecule has 5 heteroatoms. The molecule has 0 radical (unpaired) electrons. The van der Waals surface area contributed by atoms with E-state index >= 15 is 0 Å². The van der Waals surface area contributed by atoms with Crippen LogP contribution in [-0.4, -0.2) is 23.3 Å². The molecule has 3 aromatic rings. The number of fused-ring (bicyclic) bond motifs is 1. The average Bonchev–Trinajstić information content (AvgIpc) is 2.65. The monoisotopic (exact) mass is 348 g/mol. The highest BCUT2D eigenvalue weighted by molar-refractivity contribution is 5.94. The summed E-state index contributed by atoms with van der Waals surface area (Å²) in [5.41, 5.74) is 2.24. The minimum Gasteiger partial charge on any atom is -0.494 e. The Bertz CT molecular complexity index is 920. The van der Waals surface area contributed by atoms with Crippen molar-refractivity contribution in [2.75, 3.05) is 11.9 Å². The van der Waals surface area contributed by atoms with Crippen LogP contribution in [0.25, 0.3) is 10.9 Å². The fourth-order valence-electron chi connectivity index (χ4n) is 2.57. The van der Waals surface area contributed by atoms with E-state index in [-0.39, 0.29) is 11.7 Å². The molecule has 0 saturated heterocycles. The lowest BCUT2D eigenvalue weighted by molar-refractivity contribution is -0.116. The zero-order chi connectivity index (χ0) is 18.4. The summed E-state index contributed by atoms with van der Waals surface area (Å²) in [6, 6.07) is 16.7. The van der Waals surface area contributed by atoms with Gasteiger partial charge in [-0.1, -0.05) is 18.2 Å². The molecule has 0 spiro atoms. The Balaban J connectivity index is 1.44. The zero-order valence-electron chi connectivity index (χ0n) is 14.6. The van der Waals surface area contributed by atoms with E-state index in [2.05, 4.69) is 10.3 Å². The van der Waals surface area contributed by atoms with Crippen molar-refractivity contribution < 1.29 is 14.3 Å². The molecule has 0 aliphatic rings. The number of anilines is 1. The Labute approximate surface area is 152 Å². The molecular weight excluding hydrogens is 328 g/mol. The highest BCUT2D eigenvalue weighted by Gasteiger charge is 2.05. The second-order valence-corrected chi connectivity index (χ2v) is 6.00. The first-order valence-electron chi connectivity index (χ1n) is 8.50. The van der Waals surface area contributed by atoms with Crippen molar-refractivity contribution in [3.63, 3.8) is 0 Å². The lowest BCUT2D eigenvalue weighted by atomic mass is 10.1.